The highest BCUT2D eigenvalue weighted by atomic mass is 35.5. The number of rotatable bonds is 2. The van der Waals surface area contributed by atoms with E-state index in [1.807, 2.05) is 54.6 Å². The Hall–Kier alpha value is -2.58. The molecule has 106 valence electrons. The average molecular weight is 306 g/mol. The molecule has 4 rings (SSSR count). The van der Waals surface area contributed by atoms with Crippen molar-refractivity contribution in [2.75, 3.05) is 0 Å². The van der Waals surface area contributed by atoms with Gasteiger partial charge in [0.25, 0.3) is 0 Å². The van der Waals surface area contributed by atoms with Gasteiger partial charge in [-0.05, 0) is 36.4 Å². The van der Waals surface area contributed by atoms with Crippen molar-refractivity contribution in [3.63, 3.8) is 0 Å². The zero-order valence-electron chi connectivity index (χ0n) is 11.7. The molecule has 0 unspecified atom stereocenters. The molecule has 0 bridgehead atoms. The number of halogens is 1. The molecule has 2 aromatic heterocycles. The first-order valence-corrected chi connectivity index (χ1v) is 7.39. The molecule has 0 N–H and O–H groups in total. The Morgan fingerprint density at radius 2 is 1.68 bits per heavy atom. The number of benzene rings is 2. The van der Waals surface area contributed by atoms with Crippen LogP contribution in [0.25, 0.3) is 33.5 Å². The summed E-state index contributed by atoms with van der Waals surface area (Å²) >= 11 is 5.97. The van der Waals surface area contributed by atoms with E-state index in [0.29, 0.717) is 0 Å². The van der Waals surface area contributed by atoms with Crippen LogP contribution in [-0.2, 0) is 0 Å². The van der Waals surface area contributed by atoms with Crippen molar-refractivity contribution >= 4 is 22.5 Å². The Balaban J connectivity index is 1.99. The third kappa shape index (κ3) is 2.28. The van der Waals surface area contributed by atoms with E-state index >= 15 is 0 Å². The van der Waals surface area contributed by atoms with Crippen LogP contribution in [0.3, 0.4) is 0 Å². The summed E-state index contributed by atoms with van der Waals surface area (Å²) in [5.41, 5.74) is 3.92. The second-order valence-corrected chi connectivity index (χ2v) is 5.49. The predicted octanol–water partition coefficient (Wildman–Crippen LogP) is 5.82. The van der Waals surface area contributed by atoms with Crippen LogP contribution in [0.1, 0.15) is 0 Å². The lowest BCUT2D eigenvalue weighted by Crippen LogP contribution is -1.89. The first-order valence-electron chi connectivity index (χ1n) is 7.01. The second-order valence-electron chi connectivity index (χ2n) is 5.06. The molecule has 0 saturated heterocycles. The highest BCUT2D eigenvalue weighted by molar-refractivity contribution is 6.30. The number of hydrogen-bond donors (Lipinski definition) is 0. The Bertz CT molecular complexity index is 927. The van der Waals surface area contributed by atoms with E-state index in [1.54, 1.807) is 6.26 Å². The minimum Gasteiger partial charge on any atom is -0.464 e. The van der Waals surface area contributed by atoms with Crippen LogP contribution < -0.4 is 0 Å². The molecule has 0 radical (unpaired) electrons. The molecule has 2 aromatic carbocycles. The largest absolute Gasteiger partial charge is 0.464 e. The summed E-state index contributed by atoms with van der Waals surface area (Å²) in [6, 6.07) is 21.7. The van der Waals surface area contributed by atoms with E-state index in [1.165, 1.54) is 0 Å². The number of para-hydroxylation sites is 1. The lowest BCUT2D eigenvalue weighted by molar-refractivity contribution is 0.583. The highest BCUT2D eigenvalue weighted by Gasteiger charge is 2.10. The van der Waals surface area contributed by atoms with E-state index in [2.05, 4.69) is 12.1 Å². The van der Waals surface area contributed by atoms with Crippen LogP contribution in [0.5, 0.6) is 0 Å². The number of nitrogens with zero attached hydrogens (tertiary/aromatic N) is 1. The molecule has 3 heteroatoms. The van der Waals surface area contributed by atoms with E-state index < -0.39 is 0 Å². The summed E-state index contributed by atoms with van der Waals surface area (Å²) in [6.07, 6.45) is 1.69. The van der Waals surface area contributed by atoms with Crippen molar-refractivity contribution in [2.45, 2.75) is 0 Å². The number of furan rings is 1. The number of pyridine rings is 1. The second kappa shape index (κ2) is 5.32. The first-order chi connectivity index (χ1) is 10.8. The van der Waals surface area contributed by atoms with Crippen LogP contribution in [0, 0.1) is 0 Å². The molecule has 2 heterocycles. The van der Waals surface area contributed by atoms with Crippen molar-refractivity contribution in [1.82, 2.24) is 4.98 Å². The maximum atomic E-state index is 5.97. The fourth-order valence-corrected chi connectivity index (χ4v) is 2.71. The topological polar surface area (TPSA) is 26.0 Å². The monoisotopic (exact) mass is 305 g/mol. The van der Waals surface area contributed by atoms with Gasteiger partial charge in [0, 0.05) is 21.5 Å². The van der Waals surface area contributed by atoms with E-state index in [-0.39, 0.29) is 0 Å². The summed E-state index contributed by atoms with van der Waals surface area (Å²) in [5.74, 6) is 0.841. The van der Waals surface area contributed by atoms with Crippen LogP contribution in [-0.4, -0.2) is 4.98 Å². The van der Waals surface area contributed by atoms with Gasteiger partial charge in [0.15, 0.2) is 0 Å². The van der Waals surface area contributed by atoms with Crippen LogP contribution in [0.15, 0.2) is 77.4 Å². The lowest BCUT2D eigenvalue weighted by atomic mass is 10.0. The van der Waals surface area contributed by atoms with Crippen molar-refractivity contribution in [1.29, 1.82) is 0 Å². The Kier molecular flexibility index (Phi) is 3.17. The Morgan fingerprint density at radius 3 is 2.45 bits per heavy atom. The molecular formula is C19H12ClNO. The molecule has 0 atom stereocenters. The molecule has 0 aliphatic carbocycles. The first kappa shape index (κ1) is 13.1. The predicted molar refractivity (Wildman–Crippen MR) is 89.9 cm³/mol. The third-order valence-corrected chi connectivity index (χ3v) is 3.89. The fraction of sp³-hybridized carbons (Fsp3) is 0. The van der Waals surface area contributed by atoms with Crippen molar-refractivity contribution < 1.29 is 4.42 Å². The van der Waals surface area contributed by atoms with Gasteiger partial charge < -0.3 is 4.42 Å². The Morgan fingerprint density at radius 1 is 0.864 bits per heavy atom. The summed E-state index contributed by atoms with van der Waals surface area (Å²) in [7, 11) is 0. The lowest BCUT2D eigenvalue weighted by Gasteiger charge is -2.08. The minimum atomic E-state index is 0.718. The fourth-order valence-electron chi connectivity index (χ4n) is 2.58. The van der Waals surface area contributed by atoms with Crippen LogP contribution in [0.4, 0.5) is 0 Å². The van der Waals surface area contributed by atoms with Gasteiger partial charge in [-0.3, -0.25) is 0 Å². The number of aromatic nitrogens is 1. The zero-order valence-corrected chi connectivity index (χ0v) is 12.4. The smallest absolute Gasteiger partial charge is 0.134 e. The average Bonchev–Trinajstić information content (AvgIpc) is 3.09. The van der Waals surface area contributed by atoms with Crippen LogP contribution >= 0.6 is 11.6 Å². The molecule has 0 saturated carbocycles. The summed E-state index contributed by atoms with van der Waals surface area (Å²) < 4.78 is 5.59. The van der Waals surface area contributed by atoms with Crippen molar-refractivity contribution in [3.8, 4) is 22.6 Å². The maximum Gasteiger partial charge on any atom is 0.134 e. The van der Waals surface area contributed by atoms with Crippen molar-refractivity contribution in [3.05, 3.63) is 78.0 Å². The molecule has 0 amide bonds. The maximum absolute atomic E-state index is 5.97. The van der Waals surface area contributed by atoms with Crippen molar-refractivity contribution in [2.24, 2.45) is 0 Å². The quantitative estimate of drug-likeness (QED) is 0.466. The standard InChI is InChI=1S/C19H12ClNO/c20-14-9-7-13(8-10-14)18-12-16(19-6-3-11-22-19)15-4-1-2-5-17(15)21-18/h1-12H. The minimum absolute atomic E-state index is 0.718. The van der Waals surface area contributed by atoms with Gasteiger partial charge in [0.2, 0.25) is 0 Å². The van der Waals surface area contributed by atoms with Gasteiger partial charge >= 0.3 is 0 Å². The van der Waals surface area contributed by atoms with E-state index in [0.717, 1.165) is 38.5 Å². The van der Waals surface area contributed by atoms with Gasteiger partial charge in [0.1, 0.15) is 5.76 Å². The van der Waals surface area contributed by atoms with E-state index in [9.17, 15) is 0 Å². The van der Waals surface area contributed by atoms with Gasteiger partial charge in [-0.25, -0.2) is 4.98 Å². The number of hydrogen-bond acceptors (Lipinski definition) is 2. The van der Waals surface area contributed by atoms with Gasteiger partial charge in [-0.2, -0.15) is 0 Å². The van der Waals surface area contributed by atoms with Crippen LogP contribution in [0.2, 0.25) is 5.02 Å². The molecule has 2 nitrogen and oxygen atoms in total. The molecular weight excluding hydrogens is 294 g/mol. The number of fused-ring (bicyclic) bond motifs is 1. The highest BCUT2D eigenvalue weighted by Crippen LogP contribution is 2.32. The molecule has 4 aromatic rings. The van der Waals surface area contributed by atoms with Gasteiger partial charge in [-0.1, -0.05) is 41.9 Å². The molecule has 0 spiro atoms. The summed E-state index contributed by atoms with van der Waals surface area (Å²) in [6.45, 7) is 0. The van der Waals surface area contributed by atoms with Gasteiger partial charge in [0.05, 0.1) is 17.5 Å². The van der Waals surface area contributed by atoms with E-state index in [4.69, 9.17) is 21.0 Å². The normalized spacial score (nSPS) is 11.0. The summed E-state index contributed by atoms with van der Waals surface area (Å²) in [5, 5.41) is 1.80. The SMILES string of the molecule is Clc1ccc(-c2cc(-c3ccco3)c3ccccc3n2)cc1. The van der Waals surface area contributed by atoms with Gasteiger partial charge in [-0.15, -0.1) is 0 Å². The molecule has 0 aliphatic rings. The molecule has 22 heavy (non-hydrogen) atoms. The Labute approximate surface area is 133 Å². The zero-order chi connectivity index (χ0) is 14.9. The molecule has 0 aliphatic heterocycles. The summed E-state index contributed by atoms with van der Waals surface area (Å²) in [4.78, 5) is 4.76. The third-order valence-electron chi connectivity index (χ3n) is 3.64. The molecule has 0 fully saturated rings.